The summed E-state index contributed by atoms with van der Waals surface area (Å²) in [5.41, 5.74) is 2.56. The molecular weight excluding hydrogens is 258 g/mol. The van der Waals surface area contributed by atoms with Crippen molar-refractivity contribution < 1.29 is 9.84 Å². The SMILES string of the molecule is COCc1nc(NN)cc(N(CCO)C2CCCC2)n1. The van der Waals surface area contributed by atoms with Gasteiger partial charge in [-0.2, -0.15) is 0 Å². The molecular formula is C13H23N5O2. The van der Waals surface area contributed by atoms with Crippen molar-refractivity contribution in [3.05, 3.63) is 11.9 Å². The molecule has 2 rings (SSSR count). The predicted octanol–water partition coefficient (Wildman–Crippen LogP) is 0.650. The van der Waals surface area contributed by atoms with Crippen LogP contribution in [-0.4, -0.2) is 41.4 Å². The van der Waals surface area contributed by atoms with Crippen molar-refractivity contribution >= 4 is 11.6 Å². The maximum absolute atomic E-state index is 9.31. The van der Waals surface area contributed by atoms with Gasteiger partial charge in [-0.25, -0.2) is 15.8 Å². The highest BCUT2D eigenvalue weighted by Crippen LogP contribution is 2.28. The van der Waals surface area contributed by atoms with Crippen molar-refractivity contribution in [1.82, 2.24) is 9.97 Å². The lowest BCUT2D eigenvalue weighted by molar-refractivity contribution is 0.178. The van der Waals surface area contributed by atoms with Crippen LogP contribution in [0.4, 0.5) is 11.6 Å². The summed E-state index contributed by atoms with van der Waals surface area (Å²) in [5.74, 6) is 7.40. The number of methoxy groups -OCH3 is 1. The molecule has 7 nitrogen and oxygen atoms in total. The zero-order valence-corrected chi connectivity index (χ0v) is 11.9. The fourth-order valence-electron chi connectivity index (χ4n) is 2.71. The van der Waals surface area contributed by atoms with Gasteiger partial charge in [-0.3, -0.25) is 0 Å². The molecule has 0 atom stereocenters. The first-order valence-electron chi connectivity index (χ1n) is 6.99. The van der Waals surface area contributed by atoms with Crippen LogP contribution >= 0.6 is 0 Å². The van der Waals surface area contributed by atoms with Gasteiger partial charge >= 0.3 is 0 Å². The summed E-state index contributed by atoms with van der Waals surface area (Å²) in [6, 6.07) is 2.24. The van der Waals surface area contributed by atoms with Crippen LogP contribution in [0.5, 0.6) is 0 Å². The number of hydrogen-bond acceptors (Lipinski definition) is 7. The zero-order chi connectivity index (χ0) is 14.4. The molecule has 1 aromatic rings. The number of nitrogen functional groups attached to an aromatic ring is 1. The van der Waals surface area contributed by atoms with Crippen LogP contribution in [-0.2, 0) is 11.3 Å². The Labute approximate surface area is 119 Å². The predicted molar refractivity (Wildman–Crippen MR) is 77.2 cm³/mol. The molecule has 0 spiro atoms. The third kappa shape index (κ3) is 3.56. The number of anilines is 2. The monoisotopic (exact) mass is 281 g/mol. The molecule has 0 unspecified atom stereocenters. The fraction of sp³-hybridized carbons (Fsp3) is 0.692. The van der Waals surface area contributed by atoms with E-state index in [-0.39, 0.29) is 6.61 Å². The summed E-state index contributed by atoms with van der Waals surface area (Å²) >= 11 is 0. The second kappa shape index (κ2) is 7.37. The summed E-state index contributed by atoms with van der Waals surface area (Å²) in [5, 5.41) is 9.31. The molecule has 1 aliphatic rings. The lowest BCUT2D eigenvalue weighted by Gasteiger charge is -2.29. The van der Waals surface area contributed by atoms with E-state index in [1.165, 1.54) is 12.8 Å². The normalized spacial score (nSPS) is 15.6. The lowest BCUT2D eigenvalue weighted by atomic mass is 10.2. The fourth-order valence-corrected chi connectivity index (χ4v) is 2.71. The summed E-state index contributed by atoms with van der Waals surface area (Å²) in [6.07, 6.45) is 4.72. The van der Waals surface area contributed by atoms with Gasteiger partial charge in [0.15, 0.2) is 5.82 Å². The van der Waals surface area contributed by atoms with Gasteiger partial charge < -0.3 is 20.2 Å². The van der Waals surface area contributed by atoms with Crippen molar-refractivity contribution in [2.75, 3.05) is 30.6 Å². The van der Waals surface area contributed by atoms with E-state index in [0.29, 0.717) is 30.8 Å². The minimum atomic E-state index is 0.103. The van der Waals surface area contributed by atoms with E-state index in [0.717, 1.165) is 18.7 Å². The van der Waals surface area contributed by atoms with Crippen LogP contribution in [0.1, 0.15) is 31.5 Å². The molecule has 112 valence electrons. The number of nitrogens with one attached hydrogen (secondary N) is 1. The number of hydrazine groups is 1. The Hall–Kier alpha value is -1.44. The zero-order valence-electron chi connectivity index (χ0n) is 11.9. The number of aliphatic hydroxyl groups is 1. The number of nitrogens with two attached hydrogens (primary N) is 1. The number of nitrogens with zero attached hydrogens (tertiary/aromatic N) is 3. The van der Waals surface area contributed by atoms with Gasteiger partial charge in [0, 0.05) is 25.8 Å². The van der Waals surface area contributed by atoms with Crippen molar-refractivity contribution in [3.8, 4) is 0 Å². The number of ether oxygens (including phenoxy) is 1. The molecule has 20 heavy (non-hydrogen) atoms. The third-order valence-electron chi connectivity index (χ3n) is 3.58. The highest BCUT2D eigenvalue weighted by Gasteiger charge is 2.24. The highest BCUT2D eigenvalue weighted by atomic mass is 16.5. The first-order valence-corrected chi connectivity index (χ1v) is 6.99. The molecule has 1 heterocycles. The van der Waals surface area contributed by atoms with Gasteiger partial charge in [0.25, 0.3) is 0 Å². The van der Waals surface area contributed by atoms with Crippen LogP contribution < -0.4 is 16.2 Å². The van der Waals surface area contributed by atoms with Gasteiger partial charge in [-0.15, -0.1) is 0 Å². The summed E-state index contributed by atoms with van der Waals surface area (Å²) < 4.78 is 5.09. The van der Waals surface area contributed by atoms with E-state index >= 15 is 0 Å². The first-order chi connectivity index (χ1) is 9.78. The second-order valence-electron chi connectivity index (χ2n) is 4.96. The van der Waals surface area contributed by atoms with Gasteiger partial charge in [-0.1, -0.05) is 12.8 Å². The molecule has 7 heteroatoms. The van der Waals surface area contributed by atoms with Crippen molar-refractivity contribution in [1.29, 1.82) is 0 Å². The van der Waals surface area contributed by atoms with E-state index in [9.17, 15) is 5.11 Å². The number of aromatic nitrogens is 2. The molecule has 0 saturated heterocycles. The number of rotatable bonds is 7. The summed E-state index contributed by atoms with van der Waals surface area (Å²) in [7, 11) is 1.61. The molecule has 0 amide bonds. The Balaban J connectivity index is 2.27. The topological polar surface area (TPSA) is 96.5 Å². The standard InChI is InChI=1S/C13H23N5O2/c1-20-9-12-15-11(17-14)8-13(16-12)18(6-7-19)10-4-2-3-5-10/h8,10,19H,2-7,9,14H2,1H3,(H,15,16,17). The molecule has 1 aliphatic carbocycles. The van der Waals surface area contributed by atoms with Crippen LogP contribution in [0.15, 0.2) is 6.07 Å². The Morgan fingerprint density at radius 1 is 1.45 bits per heavy atom. The Bertz CT molecular complexity index is 423. The van der Waals surface area contributed by atoms with Gasteiger partial charge in [0.1, 0.15) is 18.2 Å². The maximum atomic E-state index is 9.31. The molecule has 1 aromatic heterocycles. The van der Waals surface area contributed by atoms with Gasteiger partial charge in [0.2, 0.25) is 0 Å². The van der Waals surface area contributed by atoms with Crippen molar-refractivity contribution in [3.63, 3.8) is 0 Å². The van der Waals surface area contributed by atoms with Gasteiger partial charge in [0.05, 0.1) is 6.61 Å². The average molecular weight is 281 g/mol. The highest BCUT2D eigenvalue weighted by molar-refractivity contribution is 5.49. The number of aliphatic hydroxyl groups excluding tert-OH is 1. The minimum Gasteiger partial charge on any atom is -0.395 e. The molecule has 0 radical (unpaired) electrons. The Morgan fingerprint density at radius 3 is 2.80 bits per heavy atom. The largest absolute Gasteiger partial charge is 0.395 e. The van der Waals surface area contributed by atoms with Crippen LogP contribution in [0, 0.1) is 0 Å². The molecule has 0 bridgehead atoms. The van der Waals surface area contributed by atoms with E-state index in [1.807, 2.05) is 6.07 Å². The first kappa shape index (κ1) is 15.0. The smallest absolute Gasteiger partial charge is 0.158 e. The second-order valence-corrected chi connectivity index (χ2v) is 4.96. The Morgan fingerprint density at radius 2 is 2.20 bits per heavy atom. The third-order valence-corrected chi connectivity index (χ3v) is 3.58. The average Bonchev–Trinajstić information content (AvgIpc) is 2.98. The summed E-state index contributed by atoms with van der Waals surface area (Å²) in [4.78, 5) is 10.9. The number of hydrogen-bond donors (Lipinski definition) is 3. The van der Waals surface area contributed by atoms with Gasteiger partial charge in [-0.05, 0) is 12.8 Å². The van der Waals surface area contributed by atoms with Crippen molar-refractivity contribution in [2.24, 2.45) is 5.84 Å². The van der Waals surface area contributed by atoms with E-state index < -0.39 is 0 Å². The minimum absolute atomic E-state index is 0.103. The quantitative estimate of drug-likeness (QED) is 0.499. The lowest BCUT2D eigenvalue weighted by Crippen LogP contribution is -2.36. The molecule has 0 aromatic carbocycles. The molecule has 4 N–H and O–H groups in total. The summed E-state index contributed by atoms with van der Waals surface area (Å²) in [6.45, 7) is 1.00. The molecule has 1 fully saturated rings. The van der Waals surface area contributed by atoms with Crippen LogP contribution in [0.3, 0.4) is 0 Å². The van der Waals surface area contributed by atoms with E-state index in [4.69, 9.17) is 10.6 Å². The maximum Gasteiger partial charge on any atom is 0.158 e. The van der Waals surface area contributed by atoms with Crippen LogP contribution in [0.25, 0.3) is 0 Å². The molecule has 1 saturated carbocycles. The van der Waals surface area contributed by atoms with E-state index in [2.05, 4.69) is 20.3 Å². The van der Waals surface area contributed by atoms with E-state index in [1.54, 1.807) is 7.11 Å². The van der Waals surface area contributed by atoms with Crippen LogP contribution in [0.2, 0.25) is 0 Å². The Kier molecular flexibility index (Phi) is 5.51. The van der Waals surface area contributed by atoms with Crippen molar-refractivity contribution in [2.45, 2.75) is 38.3 Å². The molecule has 0 aliphatic heterocycles.